The fourth-order valence-electron chi connectivity index (χ4n) is 2.40. The number of hydrogen-bond acceptors (Lipinski definition) is 2. The molecule has 0 bridgehead atoms. The van der Waals surface area contributed by atoms with Crippen LogP contribution in [-0.4, -0.2) is 15.9 Å². The van der Waals surface area contributed by atoms with E-state index in [2.05, 4.69) is 28.6 Å². The highest BCUT2D eigenvalue weighted by molar-refractivity contribution is 6.32. The van der Waals surface area contributed by atoms with Gasteiger partial charge in [-0.05, 0) is 44.0 Å². The highest BCUT2D eigenvalue weighted by Crippen LogP contribution is 2.26. The molecule has 0 radical (unpaired) electrons. The van der Waals surface area contributed by atoms with Crippen molar-refractivity contribution in [3.63, 3.8) is 0 Å². The van der Waals surface area contributed by atoms with Crippen LogP contribution in [0.15, 0.2) is 18.3 Å². The Hall–Kier alpha value is -1.06. The Morgan fingerprint density at radius 3 is 3.19 bits per heavy atom. The molecule has 3 nitrogen and oxygen atoms in total. The molecular formula is C12H14ClN3. The maximum absolute atomic E-state index is 6.10. The zero-order valence-corrected chi connectivity index (χ0v) is 9.96. The van der Waals surface area contributed by atoms with Crippen LogP contribution in [0, 0.1) is 6.92 Å². The summed E-state index contributed by atoms with van der Waals surface area (Å²) >= 11 is 6.10. The third-order valence-electron chi connectivity index (χ3n) is 3.26. The molecule has 4 heteroatoms. The maximum Gasteiger partial charge on any atom is 0.155 e. The van der Waals surface area contributed by atoms with Crippen LogP contribution in [0.2, 0.25) is 5.15 Å². The first kappa shape index (κ1) is 10.1. The molecule has 0 saturated carbocycles. The molecule has 0 aliphatic carbocycles. The zero-order chi connectivity index (χ0) is 11.1. The Kier molecular flexibility index (Phi) is 2.37. The number of imidazole rings is 1. The van der Waals surface area contributed by atoms with Gasteiger partial charge in [-0.25, -0.2) is 4.98 Å². The molecule has 1 aliphatic rings. The van der Waals surface area contributed by atoms with Gasteiger partial charge in [0.1, 0.15) is 5.82 Å². The third-order valence-corrected chi connectivity index (χ3v) is 3.54. The summed E-state index contributed by atoms with van der Waals surface area (Å²) in [6.45, 7) is 3.08. The molecule has 1 unspecified atom stereocenters. The number of aromatic nitrogens is 2. The number of fused-ring (bicyclic) bond motifs is 1. The Morgan fingerprint density at radius 1 is 1.56 bits per heavy atom. The van der Waals surface area contributed by atoms with Crippen molar-refractivity contribution >= 4 is 17.1 Å². The summed E-state index contributed by atoms with van der Waals surface area (Å²) in [6.07, 6.45) is 4.52. The minimum atomic E-state index is 0.483. The number of nitrogens with one attached hydrogen (secondary N) is 1. The van der Waals surface area contributed by atoms with E-state index < -0.39 is 0 Å². The van der Waals surface area contributed by atoms with Gasteiger partial charge < -0.3 is 9.72 Å². The second-order valence-corrected chi connectivity index (χ2v) is 4.67. The van der Waals surface area contributed by atoms with Crippen LogP contribution in [0.5, 0.6) is 0 Å². The molecule has 1 fully saturated rings. The van der Waals surface area contributed by atoms with Gasteiger partial charge in [0.15, 0.2) is 5.15 Å². The number of rotatable bonds is 1. The van der Waals surface area contributed by atoms with Crippen molar-refractivity contribution in [3.05, 3.63) is 34.9 Å². The average Bonchev–Trinajstić information content (AvgIpc) is 2.88. The SMILES string of the molecule is Cc1nc(Cl)c2cc(C3CCCN3)ccn12. The standard InChI is InChI=1S/C12H14ClN3/c1-8-15-12(13)11-7-9(4-6-16(8)11)10-3-2-5-14-10/h4,6-7,10,14H,2-3,5H2,1H3. The van der Waals surface area contributed by atoms with Crippen LogP contribution in [-0.2, 0) is 0 Å². The summed E-state index contributed by atoms with van der Waals surface area (Å²) < 4.78 is 2.03. The Labute approximate surface area is 99.4 Å². The summed E-state index contributed by atoms with van der Waals surface area (Å²) in [7, 11) is 0. The van der Waals surface area contributed by atoms with Crippen molar-refractivity contribution in [2.75, 3.05) is 6.54 Å². The molecule has 2 aromatic heterocycles. The molecule has 0 aromatic carbocycles. The van der Waals surface area contributed by atoms with Gasteiger partial charge >= 0.3 is 0 Å². The molecule has 0 spiro atoms. The van der Waals surface area contributed by atoms with Gasteiger partial charge in [-0.15, -0.1) is 0 Å². The van der Waals surface area contributed by atoms with Crippen LogP contribution in [0.4, 0.5) is 0 Å². The van der Waals surface area contributed by atoms with Gasteiger partial charge in [0.2, 0.25) is 0 Å². The van der Waals surface area contributed by atoms with Crippen molar-refractivity contribution in [3.8, 4) is 0 Å². The largest absolute Gasteiger partial charge is 0.310 e. The molecule has 1 N–H and O–H groups in total. The second-order valence-electron chi connectivity index (χ2n) is 4.31. The molecule has 1 aliphatic heterocycles. The second kappa shape index (κ2) is 3.75. The number of aryl methyl sites for hydroxylation is 1. The van der Waals surface area contributed by atoms with E-state index in [0.29, 0.717) is 11.2 Å². The van der Waals surface area contributed by atoms with Crippen LogP contribution >= 0.6 is 11.6 Å². The fourth-order valence-corrected chi connectivity index (χ4v) is 2.66. The lowest BCUT2D eigenvalue weighted by Gasteiger charge is -2.10. The van der Waals surface area contributed by atoms with Crippen LogP contribution in [0.25, 0.3) is 5.52 Å². The molecule has 3 rings (SSSR count). The molecule has 3 heterocycles. The Balaban J connectivity index is 2.11. The third kappa shape index (κ3) is 1.51. The van der Waals surface area contributed by atoms with Crippen molar-refractivity contribution in [2.45, 2.75) is 25.8 Å². The molecule has 84 valence electrons. The lowest BCUT2D eigenvalue weighted by molar-refractivity contribution is 0.647. The van der Waals surface area contributed by atoms with E-state index in [4.69, 9.17) is 11.6 Å². The molecule has 1 atom stereocenters. The first-order valence-corrected chi connectivity index (χ1v) is 6.01. The fraction of sp³-hybridized carbons (Fsp3) is 0.417. The van der Waals surface area contributed by atoms with Crippen molar-refractivity contribution in [2.24, 2.45) is 0 Å². The predicted octanol–water partition coefficient (Wildman–Crippen LogP) is 2.72. The van der Waals surface area contributed by atoms with E-state index in [1.54, 1.807) is 0 Å². The van der Waals surface area contributed by atoms with Gasteiger partial charge in [-0.2, -0.15) is 0 Å². The van der Waals surface area contributed by atoms with Crippen molar-refractivity contribution in [1.29, 1.82) is 0 Å². The molecule has 0 amide bonds. The van der Waals surface area contributed by atoms with Gasteiger partial charge in [-0.3, -0.25) is 0 Å². The number of nitrogens with zero attached hydrogens (tertiary/aromatic N) is 2. The minimum Gasteiger partial charge on any atom is -0.310 e. The summed E-state index contributed by atoms with van der Waals surface area (Å²) in [4.78, 5) is 4.27. The molecule has 16 heavy (non-hydrogen) atoms. The van der Waals surface area contributed by atoms with Gasteiger partial charge in [0, 0.05) is 12.2 Å². The summed E-state index contributed by atoms with van der Waals surface area (Å²) in [6, 6.07) is 4.78. The highest BCUT2D eigenvalue weighted by atomic mass is 35.5. The summed E-state index contributed by atoms with van der Waals surface area (Å²) in [5, 5.41) is 4.09. The summed E-state index contributed by atoms with van der Waals surface area (Å²) in [5.41, 5.74) is 2.32. The summed E-state index contributed by atoms with van der Waals surface area (Å²) in [5.74, 6) is 0.936. The number of hydrogen-bond donors (Lipinski definition) is 1. The molecular weight excluding hydrogens is 222 g/mol. The highest BCUT2D eigenvalue weighted by Gasteiger charge is 2.17. The Bertz CT molecular complexity index is 526. The van der Waals surface area contributed by atoms with Gasteiger partial charge in [0.25, 0.3) is 0 Å². The monoisotopic (exact) mass is 235 g/mol. The van der Waals surface area contributed by atoms with E-state index in [0.717, 1.165) is 17.9 Å². The minimum absolute atomic E-state index is 0.483. The quantitative estimate of drug-likeness (QED) is 0.824. The number of halogens is 1. The smallest absolute Gasteiger partial charge is 0.155 e. The average molecular weight is 236 g/mol. The van der Waals surface area contributed by atoms with Crippen molar-refractivity contribution in [1.82, 2.24) is 14.7 Å². The van der Waals surface area contributed by atoms with E-state index >= 15 is 0 Å². The predicted molar refractivity (Wildman–Crippen MR) is 64.9 cm³/mol. The molecule has 1 saturated heterocycles. The van der Waals surface area contributed by atoms with E-state index in [1.807, 2.05) is 11.3 Å². The first-order valence-electron chi connectivity index (χ1n) is 5.63. The van der Waals surface area contributed by atoms with Crippen LogP contribution in [0.1, 0.15) is 30.3 Å². The lowest BCUT2D eigenvalue weighted by Crippen LogP contribution is -2.12. The topological polar surface area (TPSA) is 29.3 Å². The zero-order valence-electron chi connectivity index (χ0n) is 9.20. The number of pyridine rings is 1. The molecule has 2 aromatic rings. The lowest BCUT2D eigenvalue weighted by atomic mass is 10.1. The van der Waals surface area contributed by atoms with Gasteiger partial charge in [-0.1, -0.05) is 11.6 Å². The normalized spacial score (nSPS) is 20.8. The van der Waals surface area contributed by atoms with Crippen LogP contribution < -0.4 is 5.32 Å². The van der Waals surface area contributed by atoms with E-state index in [-0.39, 0.29) is 0 Å². The van der Waals surface area contributed by atoms with Gasteiger partial charge in [0.05, 0.1) is 5.52 Å². The van der Waals surface area contributed by atoms with Crippen molar-refractivity contribution < 1.29 is 0 Å². The first-order chi connectivity index (χ1) is 7.75. The van der Waals surface area contributed by atoms with Crippen LogP contribution in [0.3, 0.4) is 0 Å². The Morgan fingerprint density at radius 2 is 2.44 bits per heavy atom. The van der Waals surface area contributed by atoms with E-state index in [1.165, 1.54) is 18.4 Å². The maximum atomic E-state index is 6.10. The van der Waals surface area contributed by atoms with E-state index in [9.17, 15) is 0 Å².